The van der Waals surface area contributed by atoms with Crippen molar-refractivity contribution in [2.45, 2.75) is 19.4 Å². The molecule has 0 aromatic carbocycles. The number of ether oxygens (including phenoxy) is 1. The number of aromatic nitrogens is 2. The Morgan fingerprint density at radius 2 is 2.44 bits per heavy atom. The highest BCUT2D eigenvalue weighted by Crippen LogP contribution is 2.09. The number of morpholine rings is 1. The molecular weight excluding hydrogens is 206 g/mol. The predicted molar refractivity (Wildman–Crippen MR) is 58.0 cm³/mol. The summed E-state index contributed by atoms with van der Waals surface area (Å²) in [4.78, 5) is 13.9. The molecule has 1 aromatic rings. The second-order valence-electron chi connectivity index (χ2n) is 4.12. The maximum Gasteiger partial charge on any atom is 0.415 e. The molecule has 1 atom stereocenters. The third-order valence-corrected chi connectivity index (χ3v) is 2.85. The number of nitrogens with zero attached hydrogens (tertiary/aromatic N) is 3. The van der Waals surface area contributed by atoms with E-state index in [1.807, 2.05) is 22.7 Å². The lowest BCUT2D eigenvalue weighted by molar-refractivity contribution is -0.670. The number of rotatable bonds is 1. The molecule has 1 aliphatic heterocycles. The van der Waals surface area contributed by atoms with Crippen LogP contribution in [0.3, 0.4) is 0 Å². The van der Waals surface area contributed by atoms with Crippen LogP contribution in [0.2, 0.25) is 0 Å². The number of hydrogen-bond acceptors (Lipinski definition) is 2. The normalized spacial score (nSPS) is 21.1. The maximum atomic E-state index is 12.1. The molecule has 16 heavy (non-hydrogen) atoms. The van der Waals surface area contributed by atoms with E-state index >= 15 is 0 Å². The molecule has 0 radical (unpaired) electrons. The molecule has 1 aliphatic rings. The first-order valence-corrected chi connectivity index (χ1v) is 5.65. The maximum absolute atomic E-state index is 12.1. The number of amides is 1. The Morgan fingerprint density at radius 3 is 3.06 bits per heavy atom. The van der Waals surface area contributed by atoms with Gasteiger partial charge in [0, 0.05) is 6.54 Å². The minimum Gasteiger partial charge on any atom is -0.375 e. The van der Waals surface area contributed by atoms with E-state index in [1.54, 1.807) is 17.1 Å². The van der Waals surface area contributed by atoms with Gasteiger partial charge in [0.25, 0.3) is 6.33 Å². The SMILES string of the molecule is CCC1CN(C(=O)n2cc[n+](C)c2)CCO1. The Balaban J connectivity index is 2.04. The molecule has 1 amide bonds. The quantitative estimate of drug-likeness (QED) is 0.647. The zero-order valence-corrected chi connectivity index (χ0v) is 9.80. The Kier molecular flexibility index (Phi) is 3.24. The van der Waals surface area contributed by atoms with Gasteiger partial charge in [0.1, 0.15) is 12.4 Å². The fourth-order valence-electron chi connectivity index (χ4n) is 1.87. The lowest BCUT2D eigenvalue weighted by Gasteiger charge is -2.30. The summed E-state index contributed by atoms with van der Waals surface area (Å²) >= 11 is 0. The summed E-state index contributed by atoms with van der Waals surface area (Å²) in [7, 11) is 1.90. The number of hydrogen-bond donors (Lipinski definition) is 0. The average Bonchev–Trinajstić information content (AvgIpc) is 2.75. The zero-order valence-electron chi connectivity index (χ0n) is 9.80. The first-order chi connectivity index (χ1) is 7.70. The number of carbonyl (C=O) groups is 1. The van der Waals surface area contributed by atoms with Crippen molar-refractivity contribution in [1.82, 2.24) is 9.47 Å². The summed E-state index contributed by atoms with van der Waals surface area (Å²) in [6.07, 6.45) is 6.54. The van der Waals surface area contributed by atoms with Gasteiger partial charge in [-0.15, -0.1) is 0 Å². The van der Waals surface area contributed by atoms with Gasteiger partial charge in [-0.1, -0.05) is 6.92 Å². The molecule has 5 nitrogen and oxygen atoms in total. The molecular formula is C11H18N3O2+. The van der Waals surface area contributed by atoms with Crippen LogP contribution in [-0.4, -0.2) is 41.3 Å². The van der Waals surface area contributed by atoms with Gasteiger partial charge in [0.05, 0.1) is 26.3 Å². The van der Waals surface area contributed by atoms with Crippen LogP contribution in [0.4, 0.5) is 4.79 Å². The fourth-order valence-corrected chi connectivity index (χ4v) is 1.87. The van der Waals surface area contributed by atoms with E-state index in [0.717, 1.165) is 6.42 Å². The summed E-state index contributed by atoms with van der Waals surface area (Å²) < 4.78 is 9.01. The highest BCUT2D eigenvalue weighted by molar-refractivity contribution is 5.76. The monoisotopic (exact) mass is 224 g/mol. The number of carbonyl (C=O) groups excluding carboxylic acids is 1. The topological polar surface area (TPSA) is 38.4 Å². The molecule has 0 N–H and O–H groups in total. The molecule has 1 fully saturated rings. The van der Waals surface area contributed by atoms with Crippen LogP contribution < -0.4 is 4.57 Å². The molecule has 88 valence electrons. The highest BCUT2D eigenvalue weighted by atomic mass is 16.5. The van der Waals surface area contributed by atoms with Crippen molar-refractivity contribution in [3.05, 3.63) is 18.7 Å². The Bertz CT molecular complexity index is 375. The van der Waals surface area contributed by atoms with E-state index in [9.17, 15) is 4.79 Å². The summed E-state index contributed by atoms with van der Waals surface area (Å²) in [6, 6.07) is 0.0300. The third kappa shape index (κ3) is 2.24. The van der Waals surface area contributed by atoms with E-state index in [2.05, 4.69) is 6.92 Å². The summed E-state index contributed by atoms with van der Waals surface area (Å²) in [6.45, 7) is 4.08. The van der Waals surface area contributed by atoms with Crippen molar-refractivity contribution >= 4 is 6.03 Å². The average molecular weight is 224 g/mol. The van der Waals surface area contributed by atoms with Crippen LogP contribution in [0.1, 0.15) is 13.3 Å². The van der Waals surface area contributed by atoms with Gasteiger partial charge in [-0.25, -0.2) is 9.36 Å². The highest BCUT2D eigenvalue weighted by Gasteiger charge is 2.26. The van der Waals surface area contributed by atoms with E-state index < -0.39 is 0 Å². The van der Waals surface area contributed by atoms with Crippen molar-refractivity contribution in [3.8, 4) is 0 Å². The molecule has 2 rings (SSSR count). The van der Waals surface area contributed by atoms with Crippen LogP contribution in [0.25, 0.3) is 0 Å². The lowest BCUT2D eigenvalue weighted by atomic mass is 10.2. The van der Waals surface area contributed by atoms with Crippen LogP contribution in [0, 0.1) is 0 Å². The molecule has 0 saturated carbocycles. The van der Waals surface area contributed by atoms with Crippen LogP contribution in [0.5, 0.6) is 0 Å². The predicted octanol–water partition coefficient (Wildman–Crippen LogP) is 0.391. The van der Waals surface area contributed by atoms with E-state index in [0.29, 0.717) is 19.7 Å². The molecule has 1 unspecified atom stereocenters. The van der Waals surface area contributed by atoms with Crippen LogP contribution >= 0.6 is 0 Å². The van der Waals surface area contributed by atoms with E-state index in [1.165, 1.54) is 0 Å². The molecule has 0 bridgehead atoms. The minimum atomic E-state index is 0.0300. The first kappa shape index (κ1) is 11.1. The number of imidazole rings is 1. The van der Waals surface area contributed by atoms with Crippen molar-refractivity contribution in [1.29, 1.82) is 0 Å². The second-order valence-corrected chi connectivity index (χ2v) is 4.12. The smallest absolute Gasteiger partial charge is 0.375 e. The molecule has 0 spiro atoms. The van der Waals surface area contributed by atoms with Crippen molar-refractivity contribution in [3.63, 3.8) is 0 Å². The summed E-state index contributed by atoms with van der Waals surface area (Å²) in [5.41, 5.74) is 0. The van der Waals surface area contributed by atoms with E-state index in [4.69, 9.17) is 4.74 Å². The fraction of sp³-hybridized carbons (Fsp3) is 0.636. The Labute approximate surface area is 95.2 Å². The summed E-state index contributed by atoms with van der Waals surface area (Å²) in [5, 5.41) is 0. The number of aryl methyl sites for hydroxylation is 1. The van der Waals surface area contributed by atoms with Crippen molar-refractivity contribution in [2.24, 2.45) is 7.05 Å². The van der Waals surface area contributed by atoms with Gasteiger partial charge in [-0.3, -0.25) is 4.90 Å². The first-order valence-electron chi connectivity index (χ1n) is 5.65. The Morgan fingerprint density at radius 1 is 1.62 bits per heavy atom. The molecule has 1 aromatic heterocycles. The third-order valence-electron chi connectivity index (χ3n) is 2.85. The molecule has 2 heterocycles. The van der Waals surface area contributed by atoms with Gasteiger partial charge < -0.3 is 4.74 Å². The van der Waals surface area contributed by atoms with Gasteiger partial charge in [0.15, 0.2) is 0 Å². The second kappa shape index (κ2) is 4.65. The standard InChI is InChI=1S/C11H18N3O2/c1-3-10-8-13(6-7-16-10)11(15)14-5-4-12(2)9-14/h4-5,9-10H,3,6-8H2,1-2H3/q+1. The minimum absolute atomic E-state index is 0.0300. The molecule has 1 saturated heterocycles. The van der Waals surface area contributed by atoms with Crippen molar-refractivity contribution < 1.29 is 14.1 Å². The largest absolute Gasteiger partial charge is 0.415 e. The zero-order chi connectivity index (χ0) is 11.5. The Hall–Kier alpha value is -1.36. The summed E-state index contributed by atoms with van der Waals surface area (Å²) in [5.74, 6) is 0. The van der Waals surface area contributed by atoms with Gasteiger partial charge in [-0.05, 0) is 6.42 Å². The van der Waals surface area contributed by atoms with Gasteiger partial charge in [-0.2, -0.15) is 4.57 Å². The van der Waals surface area contributed by atoms with Crippen LogP contribution in [-0.2, 0) is 11.8 Å². The van der Waals surface area contributed by atoms with E-state index in [-0.39, 0.29) is 12.1 Å². The van der Waals surface area contributed by atoms with Gasteiger partial charge >= 0.3 is 6.03 Å². The lowest BCUT2D eigenvalue weighted by Crippen LogP contribution is -2.47. The molecule has 5 heteroatoms. The molecule has 0 aliphatic carbocycles. The van der Waals surface area contributed by atoms with Gasteiger partial charge in [0.2, 0.25) is 0 Å². The van der Waals surface area contributed by atoms with Crippen molar-refractivity contribution in [2.75, 3.05) is 19.7 Å². The van der Waals surface area contributed by atoms with Crippen LogP contribution in [0.15, 0.2) is 18.7 Å².